The molecule has 0 aliphatic rings. The minimum atomic E-state index is 0.206. The molecule has 2 nitrogen and oxygen atoms in total. The first-order valence-corrected chi connectivity index (χ1v) is 7.25. The largest absolute Gasteiger partial charge is 0.315 e. The van der Waals surface area contributed by atoms with Crippen molar-refractivity contribution in [2.75, 3.05) is 27.2 Å². The molecule has 0 aliphatic heterocycles. The highest BCUT2D eigenvalue weighted by Crippen LogP contribution is 2.28. The first kappa shape index (κ1) is 16.2. The van der Waals surface area contributed by atoms with Crippen LogP contribution in [0.4, 0.5) is 0 Å². The molecule has 0 heterocycles. The molecule has 0 bridgehead atoms. The van der Waals surface area contributed by atoms with E-state index < -0.39 is 0 Å². The molecule has 0 aromatic heterocycles. The van der Waals surface area contributed by atoms with Crippen LogP contribution in [0, 0.1) is 6.92 Å². The van der Waals surface area contributed by atoms with E-state index in [0.29, 0.717) is 6.04 Å². The summed E-state index contributed by atoms with van der Waals surface area (Å²) >= 11 is 0. The second-order valence-electron chi connectivity index (χ2n) is 6.61. The summed E-state index contributed by atoms with van der Waals surface area (Å²) in [6, 6.07) is 7.34. The Morgan fingerprint density at radius 1 is 1.21 bits per heavy atom. The standard InChI is InChI=1S/C17H30N2/c1-8-18-12-16(19(6)7)15-11-14(17(3,4)5)10-9-13(15)2/h9-11,16,18H,8,12H2,1-7H3. The van der Waals surface area contributed by atoms with Crippen LogP contribution in [0.15, 0.2) is 18.2 Å². The first-order chi connectivity index (χ1) is 8.77. The van der Waals surface area contributed by atoms with Crippen LogP contribution in [0.5, 0.6) is 0 Å². The molecule has 1 aromatic rings. The number of nitrogens with zero attached hydrogens (tertiary/aromatic N) is 1. The molecule has 1 rings (SSSR count). The highest BCUT2D eigenvalue weighted by Gasteiger charge is 2.20. The van der Waals surface area contributed by atoms with Crippen LogP contribution in [-0.2, 0) is 5.41 Å². The molecule has 108 valence electrons. The van der Waals surface area contributed by atoms with Gasteiger partial charge in [0.25, 0.3) is 0 Å². The molecular weight excluding hydrogens is 232 g/mol. The van der Waals surface area contributed by atoms with Crippen LogP contribution in [-0.4, -0.2) is 32.1 Å². The van der Waals surface area contributed by atoms with Gasteiger partial charge in [0.2, 0.25) is 0 Å². The van der Waals surface area contributed by atoms with Crippen molar-refractivity contribution in [3.8, 4) is 0 Å². The molecule has 0 saturated carbocycles. The van der Waals surface area contributed by atoms with Gasteiger partial charge in [-0.2, -0.15) is 0 Å². The van der Waals surface area contributed by atoms with Gasteiger partial charge in [-0.25, -0.2) is 0 Å². The smallest absolute Gasteiger partial charge is 0.0469 e. The van der Waals surface area contributed by atoms with Crippen molar-refractivity contribution in [3.63, 3.8) is 0 Å². The summed E-state index contributed by atoms with van der Waals surface area (Å²) in [6.45, 7) is 13.2. The second kappa shape index (κ2) is 6.53. The quantitative estimate of drug-likeness (QED) is 0.873. The summed E-state index contributed by atoms with van der Waals surface area (Å²) in [6.07, 6.45) is 0. The van der Waals surface area contributed by atoms with Crippen molar-refractivity contribution in [1.29, 1.82) is 0 Å². The lowest BCUT2D eigenvalue weighted by Crippen LogP contribution is -2.31. The SMILES string of the molecule is CCNCC(c1cc(C(C)(C)C)ccc1C)N(C)C. The summed E-state index contributed by atoms with van der Waals surface area (Å²) in [4.78, 5) is 2.30. The zero-order chi connectivity index (χ0) is 14.6. The number of hydrogen-bond donors (Lipinski definition) is 1. The summed E-state index contributed by atoms with van der Waals surface area (Å²) in [7, 11) is 4.32. The van der Waals surface area contributed by atoms with Gasteiger partial charge in [-0.15, -0.1) is 0 Å². The average Bonchev–Trinajstić information content (AvgIpc) is 2.29. The van der Waals surface area contributed by atoms with Crippen molar-refractivity contribution < 1.29 is 0 Å². The third-order valence-corrected chi connectivity index (χ3v) is 3.72. The number of aryl methyl sites for hydroxylation is 1. The highest BCUT2D eigenvalue weighted by atomic mass is 15.1. The predicted octanol–water partition coefficient (Wildman–Crippen LogP) is 3.50. The van der Waals surface area contributed by atoms with Gasteiger partial charge in [0, 0.05) is 12.6 Å². The van der Waals surface area contributed by atoms with Gasteiger partial charge < -0.3 is 10.2 Å². The van der Waals surface area contributed by atoms with Crippen molar-refractivity contribution in [2.24, 2.45) is 0 Å². The molecule has 0 spiro atoms. The van der Waals surface area contributed by atoms with E-state index in [1.165, 1.54) is 16.7 Å². The Bertz CT molecular complexity index is 402. The number of rotatable bonds is 5. The van der Waals surface area contributed by atoms with Gasteiger partial charge in [0.05, 0.1) is 0 Å². The predicted molar refractivity (Wildman–Crippen MR) is 84.9 cm³/mol. The number of nitrogens with one attached hydrogen (secondary N) is 1. The summed E-state index contributed by atoms with van der Waals surface area (Å²) in [5.41, 5.74) is 4.44. The van der Waals surface area contributed by atoms with Gasteiger partial charge in [-0.1, -0.05) is 45.9 Å². The summed E-state index contributed by atoms with van der Waals surface area (Å²) < 4.78 is 0. The molecule has 19 heavy (non-hydrogen) atoms. The number of benzene rings is 1. The zero-order valence-corrected chi connectivity index (χ0v) is 13.7. The van der Waals surface area contributed by atoms with Crippen molar-refractivity contribution >= 4 is 0 Å². The Balaban J connectivity index is 3.14. The van der Waals surface area contributed by atoms with Crippen LogP contribution >= 0.6 is 0 Å². The Morgan fingerprint density at radius 2 is 1.84 bits per heavy atom. The normalized spacial score (nSPS) is 13.9. The van der Waals surface area contributed by atoms with Crippen molar-refractivity contribution in [2.45, 2.75) is 46.1 Å². The average molecular weight is 262 g/mol. The maximum atomic E-state index is 3.47. The van der Waals surface area contributed by atoms with Crippen LogP contribution in [0.2, 0.25) is 0 Å². The molecule has 0 saturated heterocycles. The molecule has 0 fully saturated rings. The summed E-state index contributed by atoms with van der Waals surface area (Å²) in [5, 5.41) is 3.47. The second-order valence-corrected chi connectivity index (χ2v) is 6.61. The number of hydrogen-bond acceptors (Lipinski definition) is 2. The molecule has 2 heteroatoms. The molecule has 1 aromatic carbocycles. The lowest BCUT2D eigenvalue weighted by Gasteiger charge is -2.29. The van der Waals surface area contributed by atoms with Crippen molar-refractivity contribution in [3.05, 3.63) is 34.9 Å². The Labute approximate surface area is 119 Å². The van der Waals surface area contributed by atoms with Crippen LogP contribution < -0.4 is 5.32 Å². The maximum Gasteiger partial charge on any atom is 0.0469 e. The number of likely N-dealkylation sites (N-methyl/N-ethyl adjacent to an activating group) is 2. The van der Waals surface area contributed by atoms with E-state index in [2.05, 4.69) is 77.1 Å². The zero-order valence-electron chi connectivity index (χ0n) is 13.7. The van der Waals surface area contributed by atoms with Crippen LogP contribution in [0.25, 0.3) is 0 Å². The van der Waals surface area contributed by atoms with Crippen molar-refractivity contribution in [1.82, 2.24) is 10.2 Å². The van der Waals surface area contributed by atoms with E-state index >= 15 is 0 Å². The highest BCUT2D eigenvalue weighted by molar-refractivity contribution is 5.36. The maximum absolute atomic E-state index is 3.47. The minimum absolute atomic E-state index is 0.206. The fraction of sp³-hybridized carbons (Fsp3) is 0.647. The Morgan fingerprint density at radius 3 is 2.32 bits per heavy atom. The molecule has 0 amide bonds. The van der Waals surface area contributed by atoms with E-state index in [1.807, 2.05) is 0 Å². The van der Waals surface area contributed by atoms with Crippen LogP contribution in [0.3, 0.4) is 0 Å². The van der Waals surface area contributed by atoms with Gasteiger partial charge in [0.1, 0.15) is 0 Å². The Kier molecular flexibility index (Phi) is 5.57. The summed E-state index contributed by atoms with van der Waals surface area (Å²) in [5.74, 6) is 0. The fourth-order valence-corrected chi connectivity index (χ4v) is 2.32. The molecule has 0 radical (unpaired) electrons. The first-order valence-electron chi connectivity index (χ1n) is 7.25. The lowest BCUT2D eigenvalue weighted by molar-refractivity contribution is 0.289. The lowest BCUT2D eigenvalue weighted by atomic mass is 9.84. The molecular formula is C17H30N2. The van der Waals surface area contributed by atoms with Gasteiger partial charge >= 0.3 is 0 Å². The Hall–Kier alpha value is -0.860. The van der Waals surface area contributed by atoms with Gasteiger partial charge in [-0.3, -0.25) is 0 Å². The van der Waals surface area contributed by atoms with Gasteiger partial charge in [0.15, 0.2) is 0 Å². The van der Waals surface area contributed by atoms with E-state index in [-0.39, 0.29) is 5.41 Å². The molecule has 0 aliphatic carbocycles. The third kappa shape index (κ3) is 4.32. The fourth-order valence-electron chi connectivity index (χ4n) is 2.32. The van der Waals surface area contributed by atoms with Gasteiger partial charge in [-0.05, 0) is 49.7 Å². The molecule has 1 atom stereocenters. The third-order valence-electron chi connectivity index (χ3n) is 3.72. The van der Waals surface area contributed by atoms with E-state index in [0.717, 1.165) is 13.1 Å². The van der Waals surface area contributed by atoms with E-state index in [9.17, 15) is 0 Å². The topological polar surface area (TPSA) is 15.3 Å². The van der Waals surface area contributed by atoms with Crippen LogP contribution in [0.1, 0.15) is 50.4 Å². The minimum Gasteiger partial charge on any atom is -0.315 e. The molecule has 1 unspecified atom stereocenters. The molecule has 1 N–H and O–H groups in total. The van der Waals surface area contributed by atoms with E-state index in [1.54, 1.807) is 0 Å². The monoisotopic (exact) mass is 262 g/mol. The van der Waals surface area contributed by atoms with E-state index in [4.69, 9.17) is 0 Å².